The van der Waals surface area contributed by atoms with E-state index in [1.54, 1.807) is 6.07 Å². The number of carbonyl (C=O) groups is 2. The number of carboxylic acid groups (broad SMARTS) is 2. The van der Waals surface area contributed by atoms with Gasteiger partial charge < -0.3 is 19.8 Å². The van der Waals surface area contributed by atoms with Crippen LogP contribution in [0.2, 0.25) is 0 Å². The minimum Gasteiger partial charge on any atom is -0.490 e. The van der Waals surface area contributed by atoms with Crippen molar-refractivity contribution in [3.8, 4) is 5.75 Å². The van der Waals surface area contributed by atoms with E-state index in [0.29, 0.717) is 38.0 Å². The molecule has 33 heavy (non-hydrogen) atoms. The van der Waals surface area contributed by atoms with Crippen LogP contribution < -0.4 is 4.74 Å². The van der Waals surface area contributed by atoms with E-state index >= 15 is 0 Å². The van der Waals surface area contributed by atoms with Crippen LogP contribution in [0.5, 0.6) is 5.75 Å². The van der Waals surface area contributed by atoms with Gasteiger partial charge in [-0.3, -0.25) is 4.90 Å². The van der Waals surface area contributed by atoms with E-state index in [0.717, 1.165) is 25.2 Å². The number of rotatable bonds is 6. The standard InChI is InChI=1S/C18H25F3N2O3.C2HF3O2/c1-3-22(4-2)12-13-9-14(18(19,20)21)11-16(10-13)26-15-5-7-23(8-6-15)17(24)25;3-2(4,5)1(6)7/h9-11,15H,3-8,12H2,1-2H3,(H,24,25);(H,6,7). The highest BCUT2D eigenvalue weighted by molar-refractivity contribution is 5.73. The number of piperidine rings is 1. The van der Waals surface area contributed by atoms with Crippen LogP contribution in [-0.4, -0.2) is 70.5 Å². The largest absolute Gasteiger partial charge is 0.490 e. The zero-order valence-corrected chi connectivity index (χ0v) is 18.0. The van der Waals surface area contributed by atoms with Crippen molar-refractivity contribution in [1.29, 1.82) is 0 Å². The van der Waals surface area contributed by atoms with E-state index in [1.165, 1.54) is 4.90 Å². The van der Waals surface area contributed by atoms with Gasteiger partial charge in [-0.1, -0.05) is 13.8 Å². The molecule has 1 aliphatic rings. The number of hydrogen-bond acceptors (Lipinski definition) is 4. The maximum atomic E-state index is 13.2. The molecule has 0 bridgehead atoms. The molecule has 1 amide bonds. The molecule has 1 aromatic carbocycles. The normalized spacial score (nSPS) is 15.1. The Labute approximate surface area is 186 Å². The van der Waals surface area contributed by atoms with Crippen molar-refractivity contribution in [3.63, 3.8) is 0 Å². The molecule has 2 N–H and O–H groups in total. The van der Waals surface area contributed by atoms with Crippen molar-refractivity contribution in [2.45, 2.75) is 51.7 Å². The number of alkyl halides is 6. The van der Waals surface area contributed by atoms with Gasteiger partial charge in [0.1, 0.15) is 11.9 Å². The van der Waals surface area contributed by atoms with E-state index in [-0.39, 0.29) is 11.9 Å². The molecular weight excluding hydrogens is 462 g/mol. The molecule has 0 unspecified atom stereocenters. The second-order valence-electron chi connectivity index (χ2n) is 7.21. The molecule has 0 aromatic heterocycles. The molecule has 1 aromatic rings. The summed E-state index contributed by atoms with van der Waals surface area (Å²) in [5, 5.41) is 16.1. The Bertz CT molecular complexity index is 788. The van der Waals surface area contributed by atoms with Crippen molar-refractivity contribution in [3.05, 3.63) is 29.3 Å². The Morgan fingerprint density at radius 3 is 1.94 bits per heavy atom. The Morgan fingerprint density at radius 2 is 1.55 bits per heavy atom. The lowest BCUT2D eigenvalue weighted by Gasteiger charge is -2.30. The average molecular weight is 488 g/mol. The van der Waals surface area contributed by atoms with E-state index in [9.17, 15) is 31.1 Å². The number of amides is 1. The number of carboxylic acids is 1. The first kappa shape index (κ1) is 28.3. The lowest BCUT2D eigenvalue weighted by atomic mass is 10.1. The molecule has 1 fully saturated rings. The van der Waals surface area contributed by atoms with Gasteiger partial charge in [0.15, 0.2) is 0 Å². The first-order chi connectivity index (χ1) is 15.2. The van der Waals surface area contributed by atoms with Crippen LogP contribution in [0.25, 0.3) is 0 Å². The third-order valence-corrected chi connectivity index (χ3v) is 4.85. The number of likely N-dealkylation sites (tertiary alicyclic amines) is 1. The molecule has 7 nitrogen and oxygen atoms in total. The van der Waals surface area contributed by atoms with Gasteiger partial charge in [-0.2, -0.15) is 26.3 Å². The lowest BCUT2D eigenvalue weighted by molar-refractivity contribution is -0.192. The molecule has 2 rings (SSSR count). The Morgan fingerprint density at radius 1 is 1.03 bits per heavy atom. The molecule has 1 heterocycles. The van der Waals surface area contributed by atoms with Gasteiger partial charge in [-0.15, -0.1) is 0 Å². The summed E-state index contributed by atoms with van der Waals surface area (Å²) >= 11 is 0. The predicted octanol–water partition coefficient (Wildman–Crippen LogP) is 4.70. The van der Waals surface area contributed by atoms with Crippen molar-refractivity contribution >= 4 is 12.1 Å². The van der Waals surface area contributed by atoms with Crippen LogP contribution in [-0.2, 0) is 17.5 Å². The summed E-state index contributed by atoms with van der Waals surface area (Å²) in [6.07, 6.45) is -9.86. The van der Waals surface area contributed by atoms with Crippen LogP contribution in [0.15, 0.2) is 18.2 Å². The van der Waals surface area contributed by atoms with Gasteiger partial charge >= 0.3 is 24.4 Å². The summed E-state index contributed by atoms with van der Waals surface area (Å²) < 4.78 is 77.2. The van der Waals surface area contributed by atoms with Crippen LogP contribution >= 0.6 is 0 Å². The molecular formula is C20H26F6N2O5. The second kappa shape index (κ2) is 12.0. The third kappa shape index (κ3) is 9.76. The maximum Gasteiger partial charge on any atom is 0.490 e. The van der Waals surface area contributed by atoms with Crippen molar-refractivity contribution in [1.82, 2.24) is 9.80 Å². The number of hydrogen-bond donors (Lipinski definition) is 2. The first-order valence-electron chi connectivity index (χ1n) is 10.1. The molecule has 0 radical (unpaired) electrons. The lowest BCUT2D eigenvalue weighted by Crippen LogP contribution is -2.41. The second-order valence-corrected chi connectivity index (χ2v) is 7.21. The quantitative estimate of drug-likeness (QED) is 0.565. The van der Waals surface area contributed by atoms with Crippen LogP contribution in [0.3, 0.4) is 0 Å². The van der Waals surface area contributed by atoms with Crippen LogP contribution in [0.4, 0.5) is 31.1 Å². The van der Waals surface area contributed by atoms with Gasteiger partial charge in [0.25, 0.3) is 0 Å². The number of ether oxygens (including phenoxy) is 1. The minimum absolute atomic E-state index is 0.191. The highest BCUT2D eigenvalue weighted by atomic mass is 19.4. The monoisotopic (exact) mass is 488 g/mol. The fourth-order valence-electron chi connectivity index (χ4n) is 3.05. The van der Waals surface area contributed by atoms with E-state index in [1.807, 2.05) is 18.7 Å². The van der Waals surface area contributed by atoms with Crippen molar-refractivity contribution in [2.75, 3.05) is 26.2 Å². The minimum atomic E-state index is -5.08. The summed E-state index contributed by atoms with van der Waals surface area (Å²) in [7, 11) is 0. The summed E-state index contributed by atoms with van der Waals surface area (Å²) in [5.41, 5.74) is -0.165. The molecule has 0 atom stereocenters. The Kier molecular flexibility index (Phi) is 10.3. The maximum absolute atomic E-state index is 13.2. The van der Waals surface area contributed by atoms with Crippen molar-refractivity contribution in [2.24, 2.45) is 0 Å². The molecule has 1 saturated heterocycles. The number of benzene rings is 1. The summed E-state index contributed by atoms with van der Waals surface area (Å²) in [4.78, 5) is 23.2. The molecule has 0 saturated carbocycles. The zero-order chi connectivity index (χ0) is 25.4. The van der Waals surface area contributed by atoms with Gasteiger partial charge in [0.2, 0.25) is 0 Å². The zero-order valence-electron chi connectivity index (χ0n) is 18.0. The summed E-state index contributed by atoms with van der Waals surface area (Å²) in [6.45, 7) is 6.49. The molecule has 1 aliphatic heterocycles. The smallest absolute Gasteiger partial charge is 0.490 e. The van der Waals surface area contributed by atoms with E-state index < -0.39 is 30.0 Å². The highest BCUT2D eigenvalue weighted by Crippen LogP contribution is 2.34. The molecule has 188 valence electrons. The van der Waals surface area contributed by atoms with Gasteiger partial charge in [0, 0.05) is 32.5 Å². The summed E-state index contributed by atoms with van der Waals surface area (Å²) in [5.74, 6) is -2.57. The van der Waals surface area contributed by atoms with Crippen LogP contribution in [0.1, 0.15) is 37.8 Å². The Hall–Kier alpha value is -2.70. The number of nitrogens with zero attached hydrogens (tertiary/aromatic N) is 2. The number of aliphatic carboxylic acids is 1. The molecule has 13 heteroatoms. The summed E-state index contributed by atoms with van der Waals surface area (Å²) in [6, 6.07) is 3.84. The third-order valence-electron chi connectivity index (χ3n) is 4.85. The molecule has 0 aliphatic carbocycles. The predicted molar refractivity (Wildman–Crippen MR) is 105 cm³/mol. The SMILES string of the molecule is CCN(CC)Cc1cc(OC2CCN(C(=O)O)CC2)cc(C(F)(F)F)c1.O=C(O)C(F)(F)F. The van der Waals surface area contributed by atoms with Gasteiger partial charge in [-0.25, -0.2) is 9.59 Å². The first-order valence-corrected chi connectivity index (χ1v) is 10.1. The van der Waals surface area contributed by atoms with E-state index in [4.69, 9.17) is 19.7 Å². The molecule has 0 spiro atoms. The van der Waals surface area contributed by atoms with Crippen LogP contribution in [0, 0.1) is 0 Å². The van der Waals surface area contributed by atoms with Gasteiger partial charge in [-0.05, 0) is 36.9 Å². The fourth-order valence-corrected chi connectivity index (χ4v) is 3.05. The van der Waals surface area contributed by atoms with Gasteiger partial charge in [0.05, 0.1) is 5.56 Å². The van der Waals surface area contributed by atoms with Crippen molar-refractivity contribution < 1.29 is 50.9 Å². The average Bonchev–Trinajstić information content (AvgIpc) is 2.71. The fraction of sp³-hybridized carbons (Fsp3) is 0.600. The topological polar surface area (TPSA) is 90.3 Å². The highest BCUT2D eigenvalue weighted by Gasteiger charge is 2.38. The number of halogens is 6. The Balaban J connectivity index is 0.000000675. The van der Waals surface area contributed by atoms with E-state index in [2.05, 4.69) is 0 Å².